The molecular weight excluding hydrogens is 412 g/mol. The van der Waals surface area contributed by atoms with Crippen molar-refractivity contribution in [3.05, 3.63) is 51.8 Å². The lowest BCUT2D eigenvalue weighted by Gasteiger charge is -2.22. The molecule has 0 atom stereocenters. The minimum Gasteiger partial charge on any atom is -0.469 e. The molecule has 27 heavy (non-hydrogen) atoms. The number of hydrogen-bond acceptors (Lipinski definition) is 4. The van der Waals surface area contributed by atoms with Gasteiger partial charge in [0.2, 0.25) is 0 Å². The number of aromatic nitrogens is 1. The molecule has 2 aromatic rings. The van der Waals surface area contributed by atoms with Gasteiger partial charge in [-0.05, 0) is 44.2 Å². The zero-order valence-corrected chi connectivity index (χ0v) is 17.7. The Bertz CT molecular complexity index is 799. The SMILES string of the molecule is COCCN(CCC(=O)OC)C(=O)c1cc(C)n(-c2ccc(Br)cc2)c1C. The van der Waals surface area contributed by atoms with Crippen LogP contribution in [0.4, 0.5) is 0 Å². The predicted molar refractivity (Wildman–Crippen MR) is 107 cm³/mol. The number of carbonyl (C=O) groups is 2. The van der Waals surface area contributed by atoms with Crippen molar-refractivity contribution in [2.75, 3.05) is 33.9 Å². The van der Waals surface area contributed by atoms with E-state index in [0.29, 0.717) is 18.7 Å². The highest BCUT2D eigenvalue weighted by Gasteiger charge is 2.22. The summed E-state index contributed by atoms with van der Waals surface area (Å²) in [6.45, 7) is 5.00. The molecule has 7 heteroatoms. The van der Waals surface area contributed by atoms with E-state index in [4.69, 9.17) is 4.74 Å². The van der Waals surface area contributed by atoms with Crippen LogP contribution in [-0.2, 0) is 14.3 Å². The molecule has 6 nitrogen and oxygen atoms in total. The van der Waals surface area contributed by atoms with Gasteiger partial charge in [-0.25, -0.2) is 0 Å². The van der Waals surface area contributed by atoms with Gasteiger partial charge in [0.05, 0.1) is 25.7 Å². The fourth-order valence-electron chi connectivity index (χ4n) is 2.98. The number of halogens is 1. The number of amides is 1. The molecule has 1 heterocycles. The molecule has 146 valence electrons. The Balaban J connectivity index is 2.30. The smallest absolute Gasteiger partial charge is 0.307 e. The van der Waals surface area contributed by atoms with Crippen LogP contribution in [0.25, 0.3) is 5.69 Å². The molecule has 0 fully saturated rings. The van der Waals surface area contributed by atoms with E-state index in [-0.39, 0.29) is 24.8 Å². The lowest BCUT2D eigenvalue weighted by atomic mass is 10.2. The summed E-state index contributed by atoms with van der Waals surface area (Å²) >= 11 is 3.44. The quantitative estimate of drug-likeness (QED) is 0.594. The van der Waals surface area contributed by atoms with E-state index in [9.17, 15) is 9.59 Å². The van der Waals surface area contributed by atoms with Crippen LogP contribution in [0.2, 0.25) is 0 Å². The lowest BCUT2D eigenvalue weighted by Crippen LogP contribution is -2.36. The van der Waals surface area contributed by atoms with E-state index in [1.807, 2.05) is 44.2 Å². The molecule has 0 aliphatic rings. The molecule has 0 aliphatic heterocycles. The van der Waals surface area contributed by atoms with Gasteiger partial charge in [-0.1, -0.05) is 15.9 Å². The highest BCUT2D eigenvalue weighted by molar-refractivity contribution is 9.10. The van der Waals surface area contributed by atoms with Gasteiger partial charge in [-0.3, -0.25) is 9.59 Å². The molecule has 0 saturated carbocycles. The van der Waals surface area contributed by atoms with Gasteiger partial charge in [0.25, 0.3) is 5.91 Å². The van der Waals surface area contributed by atoms with Gasteiger partial charge in [-0.2, -0.15) is 0 Å². The van der Waals surface area contributed by atoms with Crippen molar-refractivity contribution < 1.29 is 19.1 Å². The molecule has 0 bridgehead atoms. The predicted octanol–water partition coefficient (Wildman–Crippen LogP) is 3.51. The second kappa shape index (κ2) is 9.71. The number of benzene rings is 1. The van der Waals surface area contributed by atoms with Crippen LogP contribution in [0.5, 0.6) is 0 Å². The summed E-state index contributed by atoms with van der Waals surface area (Å²) in [6, 6.07) is 9.82. The normalized spacial score (nSPS) is 10.7. The van der Waals surface area contributed by atoms with Gasteiger partial charge < -0.3 is 18.9 Å². The van der Waals surface area contributed by atoms with Crippen molar-refractivity contribution in [1.82, 2.24) is 9.47 Å². The highest BCUT2D eigenvalue weighted by atomic mass is 79.9. The van der Waals surface area contributed by atoms with Gasteiger partial charge in [-0.15, -0.1) is 0 Å². The summed E-state index contributed by atoms with van der Waals surface area (Å²) < 4.78 is 12.8. The molecule has 0 aliphatic carbocycles. The van der Waals surface area contributed by atoms with Crippen molar-refractivity contribution in [2.45, 2.75) is 20.3 Å². The van der Waals surface area contributed by atoms with Crippen molar-refractivity contribution in [1.29, 1.82) is 0 Å². The fourth-order valence-corrected chi connectivity index (χ4v) is 3.25. The average molecular weight is 437 g/mol. The lowest BCUT2D eigenvalue weighted by molar-refractivity contribution is -0.140. The van der Waals surface area contributed by atoms with Crippen LogP contribution in [0.3, 0.4) is 0 Å². The van der Waals surface area contributed by atoms with Crippen LogP contribution in [0, 0.1) is 13.8 Å². The number of ether oxygens (including phenoxy) is 2. The largest absolute Gasteiger partial charge is 0.469 e. The van der Waals surface area contributed by atoms with E-state index >= 15 is 0 Å². The van der Waals surface area contributed by atoms with Crippen molar-refractivity contribution >= 4 is 27.8 Å². The van der Waals surface area contributed by atoms with E-state index in [1.54, 1.807) is 12.0 Å². The third kappa shape index (κ3) is 5.20. The Hall–Kier alpha value is -2.12. The Kier molecular flexibility index (Phi) is 7.62. The van der Waals surface area contributed by atoms with Crippen LogP contribution < -0.4 is 0 Å². The second-order valence-corrected chi connectivity index (χ2v) is 7.12. The van der Waals surface area contributed by atoms with Gasteiger partial charge in [0.1, 0.15) is 0 Å². The van der Waals surface area contributed by atoms with Crippen LogP contribution in [-0.4, -0.2) is 55.3 Å². The zero-order valence-electron chi connectivity index (χ0n) is 16.1. The Labute approximate surface area is 168 Å². The molecule has 1 aromatic carbocycles. The third-order valence-corrected chi connectivity index (χ3v) is 4.94. The number of nitrogens with zero attached hydrogens (tertiary/aromatic N) is 2. The van der Waals surface area contributed by atoms with Crippen LogP contribution >= 0.6 is 15.9 Å². The molecule has 1 amide bonds. The van der Waals surface area contributed by atoms with Crippen molar-refractivity contribution in [3.63, 3.8) is 0 Å². The second-order valence-electron chi connectivity index (χ2n) is 6.21. The Morgan fingerprint density at radius 3 is 2.37 bits per heavy atom. The summed E-state index contributed by atoms with van der Waals surface area (Å²) in [5.41, 5.74) is 3.44. The maximum Gasteiger partial charge on any atom is 0.307 e. The Morgan fingerprint density at radius 1 is 1.11 bits per heavy atom. The molecule has 1 aromatic heterocycles. The molecule has 0 spiro atoms. The molecule has 2 rings (SSSR count). The fraction of sp³-hybridized carbons (Fsp3) is 0.400. The summed E-state index contributed by atoms with van der Waals surface area (Å²) in [4.78, 5) is 26.2. The van der Waals surface area contributed by atoms with E-state index in [1.165, 1.54) is 7.11 Å². The molecule has 0 N–H and O–H groups in total. The number of esters is 1. The first-order valence-electron chi connectivity index (χ1n) is 8.69. The van der Waals surface area contributed by atoms with Crippen LogP contribution in [0.15, 0.2) is 34.8 Å². The number of hydrogen-bond donors (Lipinski definition) is 0. The number of carbonyl (C=O) groups excluding carboxylic acids is 2. The molecule has 0 radical (unpaired) electrons. The van der Waals surface area contributed by atoms with Crippen molar-refractivity contribution in [2.24, 2.45) is 0 Å². The number of methoxy groups -OCH3 is 2. The molecule has 0 unspecified atom stereocenters. The summed E-state index contributed by atoms with van der Waals surface area (Å²) in [7, 11) is 2.93. The minimum atomic E-state index is -0.342. The molecular formula is C20H25BrN2O4. The van der Waals surface area contributed by atoms with Crippen LogP contribution in [0.1, 0.15) is 28.2 Å². The first-order valence-corrected chi connectivity index (χ1v) is 9.48. The first kappa shape index (κ1) is 21.2. The van der Waals surface area contributed by atoms with Gasteiger partial charge in [0.15, 0.2) is 0 Å². The maximum atomic E-state index is 13.1. The summed E-state index contributed by atoms with van der Waals surface area (Å²) in [5.74, 6) is -0.460. The monoisotopic (exact) mass is 436 g/mol. The summed E-state index contributed by atoms with van der Waals surface area (Å²) in [6.07, 6.45) is 0.150. The van der Waals surface area contributed by atoms with E-state index in [2.05, 4.69) is 25.2 Å². The van der Waals surface area contributed by atoms with E-state index in [0.717, 1.165) is 21.5 Å². The Morgan fingerprint density at radius 2 is 1.78 bits per heavy atom. The number of rotatable bonds is 8. The zero-order chi connectivity index (χ0) is 20.0. The average Bonchev–Trinajstić information content (AvgIpc) is 2.96. The summed E-state index contributed by atoms with van der Waals surface area (Å²) in [5, 5.41) is 0. The standard InChI is InChI=1S/C20H25BrN2O4/c1-14-13-18(15(2)23(14)17-7-5-16(21)6-8-17)20(25)22(11-12-26-3)10-9-19(24)27-4/h5-8,13H,9-12H2,1-4H3. The highest BCUT2D eigenvalue weighted by Crippen LogP contribution is 2.23. The molecule has 0 saturated heterocycles. The van der Waals surface area contributed by atoms with E-state index < -0.39 is 0 Å². The topological polar surface area (TPSA) is 60.8 Å². The maximum absolute atomic E-state index is 13.1. The minimum absolute atomic E-state index is 0.118. The third-order valence-electron chi connectivity index (χ3n) is 4.41. The van der Waals surface area contributed by atoms with Gasteiger partial charge >= 0.3 is 5.97 Å². The first-order chi connectivity index (χ1) is 12.9. The number of aryl methyl sites for hydroxylation is 1. The van der Waals surface area contributed by atoms with Crippen molar-refractivity contribution in [3.8, 4) is 5.69 Å². The van der Waals surface area contributed by atoms with Gasteiger partial charge in [0, 0.05) is 41.7 Å².